The smallest absolute Gasteiger partial charge is 0.189 e. The Morgan fingerprint density at radius 3 is 2.91 bits per heavy atom. The SMILES string of the molecule is C=CC(=O)C1(C)CCCOO1. The summed E-state index contributed by atoms with van der Waals surface area (Å²) in [6, 6.07) is 0. The van der Waals surface area contributed by atoms with Crippen LogP contribution in [0.4, 0.5) is 0 Å². The van der Waals surface area contributed by atoms with Gasteiger partial charge < -0.3 is 0 Å². The van der Waals surface area contributed by atoms with E-state index in [0.29, 0.717) is 13.0 Å². The Morgan fingerprint density at radius 2 is 2.45 bits per heavy atom. The Labute approximate surface area is 65.9 Å². The third-order valence-corrected chi connectivity index (χ3v) is 1.83. The summed E-state index contributed by atoms with van der Waals surface area (Å²) < 4.78 is 0. The summed E-state index contributed by atoms with van der Waals surface area (Å²) in [4.78, 5) is 20.8. The predicted octanol–water partition coefficient (Wildman–Crippen LogP) is 1.24. The second kappa shape index (κ2) is 3.15. The minimum Gasteiger partial charge on any atom is -0.291 e. The van der Waals surface area contributed by atoms with E-state index in [9.17, 15) is 4.79 Å². The third-order valence-electron chi connectivity index (χ3n) is 1.83. The van der Waals surface area contributed by atoms with Crippen LogP contribution in [0.2, 0.25) is 0 Å². The molecule has 1 aliphatic heterocycles. The van der Waals surface area contributed by atoms with Gasteiger partial charge in [0.25, 0.3) is 0 Å². The third kappa shape index (κ3) is 1.67. The Kier molecular flexibility index (Phi) is 2.42. The zero-order chi connectivity index (χ0) is 8.32. The van der Waals surface area contributed by atoms with Gasteiger partial charge in [0.05, 0.1) is 6.61 Å². The molecule has 62 valence electrons. The van der Waals surface area contributed by atoms with Crippen molar-refractivity contribution >= 4 is 5.78 Å². The molecule has 3 heteroatoms. The molecule has 0 bridgehead atoms. The minimum absolute atomic E-state index is 0.114. The molecule has 1 saturated heterocycles. The summed E-state index contributed by atoms with van der Waals surface area (Å²) in [6.07, 6.45) is 2.84. The Bertz CT molecular complexity index is 168. The molecular formula is C8H12O3. The quantitative estimate of drug-likeness (QED) is 0.445. The highest BCUT2D eigenvalue weighted by Gasteiger charge is 2.35. The van der Waals surface area contributed by atoms with Gasteiger partial charge in [-0.25, -0.2) is 9.78 Å². The molecule has 1 aliphatic rings. The van der Waals surface area contributed by atoms with Gasteiger partial charge in [0.1, 0.15) is 0 Å². The maximum Gasteiger partial charge on any atom is 0.189 e. The number of rotatable bonds is 2. The summed E-state index contributed by atoms with van der Waals surface area (Å²) in [6.45, 7) is 5.68. The zero-order valence-corrected chi connectivity index (χ0v) is 6.63. The molecule has 3 nitrogen and oxygen atoms in total. The summed E-state index contributed by atoms with van der Waals surface area (Å²) in [5, 5.41) is 0. The summed E-state index contributed by atoms with van der Waals surface area (Å²) >= 11 is 0. The van der Waals surface area contributed by atoms with Crippen molar-refractivity contribution in [2.45, 2.75) is 25.4 Å². The number of hydrogen-bond donors (Lipinski definition) is 0. The van der Waals surface area contributed by atoms with E-state index in [1.54, 1.807) is 6.92 Å². The molecule has 0 radical (unpaired) electrons. The standard InChI is InChI=1S/C8H12O3/c1-3-7(9)8(2)5-4-6-10-11-8/h3H,1,4-6H2,2H3. The maximum absolute atomic E-state index is 11.2. The molecule has 0 N–H and O–H groups in total. The normalized spacial score (nSPS) is 31.4. The highest BCUT2D eigenvalue weighted by atomic mass is 17.2. The first-order valence-corrected chi connectivity index (χ1v) is 3.66. The van der Waals surface area contributed by atoms with E-state index >= 15 is 0 Å². The fourth-order valence-electron chi connectivity index (χ4n) is 1.06. The van der Waals surface area contributed by atoms with Crippen molar-refractivity contribution in [3.05, 3.63) is 12.7 Å². The molecule has 0 aromatic heterocycles. The largest absolute Gasteiger partial charge is 0.291 e. The number of hydrogen-bond acceptors (Lipinski definition) is 3. The first-order valence-electron chi connectivity index (χ1n) is 3.66. The molecule has 1 fully saturated rings. The first-order chi connectivity index (χ1) is 5.19. The summed E-state index contributed by atoms with van der Waals surface area (Å²) in [7, 11) is 0. The van der Waals surface area contributed by atoms with Gasteiger partial charge in [0.2, 0.25) is 0 Å². The van der Waals surface area contributed by atoms with Crippen molar-refractivity contribution in [3.63, 3.8) is 0 Å². The van der Waals surface area contributed by atoms with Gasteiger partial charge in [0.15, 0.2) is 11.4 Å². The van der Waals surface area contributed by atoms with Crippen molar-refractivity contribution < 1.29 is 14.6 Å². The molecule has 1 atom stereocenters. The topological polar surface area (TPSA) is 35.5 Å². The number of carbonyl (C=O) groups excluding carboxylic acids is 1. The second-order valence-electron chi connectivity index (χ2n) is 2.81. The molecule has 1 unspecified atom stereocenters. The second-order valence-corrected chi connectivity index (χ2v) is 2.81. The van der Waals surface area contributed by atoms with E-state index in [1.807, 2.05) is 0 Å². The van der Waals surface area contributed by atoms with E-state index < -0.39 is 5.60 Å². The monoisotopic (exact) mass is 156 g/mol. The van der Waals surface area contributed by atoms with Crippen molar-refractivity contribution in [3.8, 4) is 0 Å². The molecule has 1 heterocycles. The Balaban J connectivity index is 2.63. The van der Waals surface area contributed by atoms with Gasteiger partial charge in [-0.3, -0.25) is 4.79 Å². The molecular weight excluding hydrogens is 144 g/mol. The van der Waals surface area contributed by atoms with Crippen LogP contribution in [0.25, 0.3) is 0 Å². The van der Waals surface area contributed by atoms with Crippen LogP contribution in [-0.4, -0.2) is 18.0 Å². The lowest BCUT2D eigenvalue weighted by atomic mass is 9.94. The fraction of sp³-hybridized carbons (Fsp3) is 0.625. The van der Waals surface area contributed by atoms with Crippen molar-refractivity contribution in [1.82, 2.24) is 0 Å². The van der Waals surface area contributed by atoms with Crippen molar-refractivity contribution in [1.29, 1.82) is 0 Å². The molecule has 0 aromatic carbocycles. The summed E-state index contributed by atoms with van der Waals surface area (Å²) in [5.74, 6) is -0.114. The molecule has 0 spiro atoms. The maximum atomic E-state index is 11.2. The molecule has 0 aliphatic carbocycles. The van der Waals surface area contributed by atoms with Crippen LogP contribution >= 0.6 is 0 Å². The van der Waals surface area contributed by atoms with Crippen LogP contribution < -0.4 is 0 Å². The lowest BCUT2D eigenvalue weighted by Crippen LogP contribution is -2.40. The Morgan fingerprint density at radius 1 is 1.73 bits per heavy atom. The number of carbonyl (C=O) groups is 1. The van der Waals surface area contributed by atoms with Gasteiger partial charge in [-0.15, -0.1) is 0 Å². The van der Waals surface area contributed by atoms with E-state index in [4.69, 9.17) is 9.78 Å². The van der Waals surface area contributed by atoms with Gasteiger partial charge in [-0.05, 0) is 25.8 Å². The van der Waals surface area contributed by atoms with Crippen LogP contribution in [0, 0.1) is 0 Å². The summed E-state index contributed by atoms with van der Waals surface area (Å²) in [5.41, 5.74) is -0.792. The highest BCUT2D eigenvalue weighted by molar-refractivity contribution is 5.96. The lowest BCUT2D eigenvalue weighted by molar-refractivity contribution is -0.365. The fourth-order valence-corrected chi connectivity index (χ4v) is 1.06. The van der Waals surface area contributed by atoms with Crippen molar-refractivity contribution in [2.75, 3.05) is 6.61 Å². The van der Waals surface area contributed by atoms with E-state index in [0.717, 1.165) is 6.42 Å². The van der Waals surface area contributed by atoms with Crippen LogP contribution in [0.15, 0.2) is 12.7 Å². The first kappa shape index (κ1) is 8.43. The molecule has 1 rings (SSSR count). The predicted molar refractivity (Wildman–Crippen MR) is 39.9 cm³/mol. The van der Waals surface area contributed by atoms with Gasteiger partial charge in [0, 0.05) is 0 Å². The Hall–Kier alpha value is -0.670. The molecule has 0 aromatic rings. The highest BCUT2D eigenvalue weighted by Crippen LogP contribution is 2.23. The molecule has 0 amide bonds. The van der Waals surface area contributed by atoms with Gasteiger partial charge >= 0.3 is 0 Å². The average Bonchev–Trinajstić information content (AvgIpc) is 2.04. The van der Waals surface area contributed by atoms with Gasteiger partial charge in [-0.1, -0.05) is 6.58 Å². The lowest BCUT2D eigenvalue weighted by Gasteiger charge is -2.29. The van der Waals surface area contributed by atoms with Crippen LogP contribution in [0.1, 0.15) is 19.8 Å². The van der Waals surface area contributed by atoms with Crippen LogP contribution in [0.5, 0.6) is 0 Å². The average molecular weight is 156 g/mol. The molecule has 0 saturated carbocycles. The molecule has 11 heavy (non-hydrogen) atoms. The van der Waals surface area contributed by atoms with Gasteiger partial charge in [-0.2, -0.15) is 0 Å². The minimum atomic E-state index is -0.792. The van der Waals surface area contributed by atoms with Crippen LogP contribution in [-0.2, 0) is 14.6 Å². The van der Waals surface area contributed by atoms with Crippen molar-refractivity contribution in [2.24, 2.45) is 0 Å². The van der Waals surface area contributed by atoms with Crippen LogP contribution in [0.3, 0.4) is 0 Å². The number of ketones is 1. The van der Waals surface area contributed by atoms with E-state index in [1.165, 1.54) is 6.08 Å². The van der Waals surface area contributed by atoms with E-state index in [-0.39, 0.29) is 5.78 Å². The zero-order valence-electron chi connectivity index (χ0n) is 6.63. The van der Waals surface area contributed by atoms with E-state index in [2.05, 4.69) is 6.58 Å².